The summed E-state index contributed by atoms with van der Waals surface area (Å²) in [6.45, 7) is 1.80. The zero-order chi connectivity index (χ0) is 38.1. The molecule has 52 heavy (non-hydrogen) atoms. The monoisotopic (exact) mass is 733 g/mol. The molecule has 1 unspecified atom stereocenters. The van der Waals surface area contributed by atoms with Crippen LogP contribution in [0.25, 0.3) is 0 Å². The lowest BCUT2D eigenvalue weighted by Gasteiger charge is -2.21. The van der Waals surface area contributed by atoms with Crippen LogP contribution in [-0.4, -0.2) is 69.7 Å². The lowest BCUT2D eigenvalue weighted by Crippen LogP contribution is -2.35. The summed E-state index contributed by atoms with van der Waals surface area (Å²) in [5.74, 6) is -2.07. The molecule has 1 saturated carbocycles. The van der Waals surface area contributed by atoms with Crippen LogP contribution in [-0.2, 0) is 35.2 Å². The molecule has 0 saturated heterocycles. The lowest BCUT2D eigenvalue weighted by molar-refractivity contribution is -0.757. The van der Waals surface area contributed by atoms with E-state index in [1.165, 1.54) is 0 Å². The van der Waals surface area contributed by atoms with Crippen LogP contribution in [0.3, 0.4) is 0 Å². The first-order chi connectivity index (χ1) is 25.0. The van der Waals surface area contributed by atoms with Gasteiger partial charge in [0, 0.05) is 31.1 Å². The van der Waals surface area contributed by atoms with Crippen molar-refractivity contribution in [2.75, 3.05) is 13.2 Å². The number of aliphatic hydroxyl groups excluding tert-OH is 2. The molecule has 1 aliphatic rings. The fraction of sp³-hybridized carbons (Fsp3) is 0.649. The van der Waals surface area contributed by atoms with Gasteiger partial charge in [0.25, 0.3) is 10.2 Å². The first kappa shape index (κ1) is 43.8. The summed E-state index contributed by atoms with van der Waals surface area (Å²) in [6.07, 6.45) is 12.4. The smallest absolute Gasteiger partial charge is 0.306 e. The number of esters is 1. The summed E-state index contributed by atoms with van der Waals surface area (Å²) in [7, 11) is 0. The third-order valence-corrected chi connectivity index (χ3v) is 9.15. The van der Waals surface area contributed by atoms with Gasteiger partial charge in [0.1, 0.15) is 6.10 Å². The largest absolute Gasteiger partial charge is 0.458 e. The molecule has 1 aromatic carbocycles. The van der Waals surface area contributed by atoms with Crippen molar-refractivity contribution in [3.8, 4) is 0 Å². The van der Waals surface area contributed by atoms with Crippen LogP contribution in [0.4, 0.5) is 0 Å². The highest BCUT2D eigenvalue weighted by Crippen LogP contribution is 2.36. The van der Waals surface area contributed by atoms with Crippen molar-refractivity contribution < 1.29 is 49.2 Å². The molecule has 1 aromatic rings. The highest BCUT2D eigenvalue weighted by molar-refractivity contribution is 5.96. The summed E-state index contributed by atoms with van der Waals surface area (Å²) in [5.41, 5.74) is 1.09. The Labute approximate surface area is 305 Å². The van der Waals surface area contributed by atoms with Crippen molar-refractivity contribution in [3.05, 3.63) is 80.4 Å². The maximum Gasteiger partial charge on any atom is 0.306 e. The average molecular weight is 734 g/mol. The van der Waals surface area contributed by atoms with E-state index in [1.54, 1.807) is 6.08 Å². The topological polar surface area (TPSA) is 218 Å². The first-order valence-electron chi connectivity index (χ1n) is 18.3. The van der Waals surface area contributed by atoms with Crippen molar-refractivity contribution in [2.24, 2.45) is 17.8 Å². The number of imide groups is 1. The molecule has 2 rings (SSSR count). The van der Waals surface area contributed by atoms with Crippen molar-refractivity contribution >= 4 is 17.8 Å². The maximum absolute atomic E-state index is 12.7. The van der Waals surface area contributed by atoms with Gasteiger partial charge in [-0.15, -0.1) is 20.2 Å². The van der Waals surface area contributed by atoms with E-state index < -0.39 is 28.5 Å². The minimum absolute atomic E-state index is 0.0212. The second-order valence-electron chi connectivity index (χ2n) is 13.1. The highest BCUT2D eigenvalue weighted by Gasteiger charge is 2.39. The number of benzene rings is 1. The van der Waals surface area contributed by atoms with Crippen LogP contribution >= 0.6 is 0 Å². The van der Waals surface area contributed by atoms with E-state index in [1.807, 2.05) is 55.5 Å². The highest BCUT2D eigenvalue weighted by atomic mass is 17.0. The predicted molar refractivity (Wildman–Crippen MR) is 190 cm³/mol. The second-order valence-corrected chi connectivity index (χ2v) is 13.1. The third-order valence-electron chi connectivity index (χ3n) is 9.15. The van der Waals surface area contributed by atoms with Crippen LogP contribution in [0.5, 0.6) is 0 Å². The molecular formula is C37H55N3O12. The van der Waals surface area contributed by atoms with Gasteiger partial charge >= 0.3 is 5.97 Å². The Morgan fingerprint density at radius 2 is 1.60 bits per heavy atom. The molecular weight excluding hydrogens is 678 g/mol. The Morgan fingerprint density at radius 3 is 2.27 bits per heavy atom. The van der Waals surface area contributed by atoms with Crippen molar-refractivity contribution in [3.63, 3.8) is 0 Å². The van der Waals surface area contributed by atoms with Gasteiger partial charge in [-0.25, -0.2) is 0 Å². The standard InChI is InChI=1S/C37H55N3O12/c1-2-29(17-12-14-26-51-40(48)49)37(45)38-35(43)19-10-4-3-9-18-31-32(34(42)27-33(31)41)24-23-30(22-21-28-15-7-5-8-16-28)52-36(44)20-11-6-13-25-50-39(46)47/h3,5,7-9,15-16,23-24,29-34,41-42H,2,4,6,10-14,17-22,25-27H2,1H3,(H,38,43,45)/b9-3-,24-23+/t29?,30-,31+,32+,33-,34+/m0/s1. The fourth-order valence-corrected chi connectivity index (χ4v) is 6.23. The summed E-state index contributed by atoms with van der Waals surface area (Å²) >= 11 is 0. The molecule has 6 atom stereocenters. The van der Waals surface area contributed by atoms with Gasteiger partial charge in [-0.2, -0.15) is 0 Å². The Bertz CT molecular complexity index is 1290. The number of nitrogens with zero attached hydrogens (tertiary/aromatic N) is 2. The number of aryl methyl sites for hydroxylation is 1. The number of rotatable bonds is 27. The number of allylic oxidation sites excluding steroid dienone is 2. The minimum Gasteiger partial charge on any atom is -0.458 e. The molecule has 1 fully saturated rings. The number of carbonyl (C=O) groups is 3. The molecule has 0 heterocycles. The summed E-state index contributed by atoms with van der Waals surface area (Å²) in [4.78, 5) is 66.6. The van der Waals surface area contributed by atoms with Gasteiger partial charge in [0.2, 0.25) is 11.8 Å². The molecule has 3 N–H and O–H groups in total. The van der Waals surface area contributed by atoms with E-state index in [4.69, 9.17) is 4.74 Å². The third kappa shape index (κ3) is 18.7. The van der Waals surface area contributed by atoms with E-state index in [-0.39, 0.29) is 68.0 Å². The first-order valence-corrected chi connectivity index (χ1v) is 18.3. The molecule has 0 bridgehead atoms. The number of unbranched alkanes of at least 4 members (excludes halogenated alkanes) is 4. The van der Waals surface area contributed by atoms with Crippen molar-refractivity contribution in [1.82, 2.24) is 5.32 Å². The Morgan fingerprint density at radius 1 is 0.904 bits per heavy atom. The van der Waals surface area contributed by atoms with Crippen molar-refractivity contribution in [2.45, 2.75) is 122 Å². The van der Waals surface area contributed by atoms with Crippen LogP contribution in [0, 0.1) is 38.0 Å². The van der Waals surface area contributed by atoms with E-state index in [2.05, 4.69) is 15.0 Å². The van der Waals surface area contributed by atoms with Crippen LogP contribution in [0.2, 0.25) is 0 Å². The number of hydrogen-bond acceptors (Lipinski definition) is 12. The number of nitrogens with one attached hydrogen (secondary N) is 1. The zero-order valence-corrected chi connectivity index (χ0v) is 30.1. The molecule has 0 spiro atoms. The maximum atomic E-state index is 12.7. The normalized spacial score (nSPS) is 19.7. The van der Waals surface area contributed by atoms with Crippen LogP contribution in [0.15, 0.2) is 54.6 Å². The number of carbonyl (C=O) groups excluding carboxylic acids is 3. The molecule has 1 aliphatic carbocycles. The molecule has 15 nitrogen and oxygen atoms in total. The average Bonchev–Trinajstić information content (AvgIpc) is 3.37. The summed E-state index contributed by atoms with van der Waals surface area (Å²) in [6, 6.07) is 9.79. The van der Waals surface area contributed by atoms with Crippen LogP contribution < -0.4 is 5.32 Å². The molecule has 290 valence electrons. The van der Waals surface area contributed by atoms with Gasteiger partial charge in [-0.3, -0.25) is 19.7 Å². The number of aliphatic hydroxyl groups is 2. The van der Waals surface area contributed by atoms with E-state index >= 15 is 0 Å². The second kappa shape index (κ2) is 25.6. The van der Waals surface area contributed by atoms with Gasteiger partial charge in [-0.05, 0) is 81.8 Å². The SMILES string of the molecule is CCC(CCCCO[N+](=O)[O-])C(=O)NC(=O)CCC/C=C\C[C@@H]1[C@@H](/C=C/[C@H](CCc2ccccc2)OC(=O)CCCCCO[N+](=O)[O-])[C@H](O)C[C@@H]1O. The fourth-order valence-electron chi connectivity index (χ4n) is 6.23. The molecule has 2 amide bonds. The van der Waals surface area contributed by atoms with Crippen LogP contribution in [0.1, 0.15) is 102 Å². The van der Waals surface area contributed by atoms with E-state index in [0.29, 0.717) is 77.0 Å². The van der Waals surface area contributed by atoms with Gasteiger partial charge in [0.05, 0.1) is 25.4 Å². The predicted octanol–water partition coefficient (Wildman–Crippen LogP) is 5.38. The molecule has 15 heteroatoms. The van der Waals surface area contributed by atoms with Gasteiger partial charge < -0.3 is 24.6 Å². The molecule has 0 aliphatic heterocycles. The van der Waals surface area contributed by atoms with Gasteiger partial charge in [-0.1, -0.05) is 68.3 Å². The summed E-state index contributed by atoms with van der Waals surface area (Å²) in [5, 5.41) is 42.8. The minimum atomic E-state index is -0.848. The number of amides is 2. The Kier molecular flexibility index (Phi) is 21.5. The lowest BCUT2D eigenvalue weighted by atomic mass is 9.89. The summed E-state index contributed by atoms with van der Waals surface area (Å²) < 4.78 is 5.79. The van der Waals surface area contributed by atoms with Crippen molar-refractivity contribution in [1.29, 1.82) is 0 Å². The number of ether oxygens (including phenoxy) is 1. The van der Waals surface area contributed by atoms with E-state index in [9.17, 15) is 44.8 Å². The van der Waals surface area contributed by atoms with E-state index in [0.717, 1.165) is 5.56 Å². The van der Waals surface area contributed by atoms with Gasteiger partial charge in [0.15, 0.2) is 0 Å². The Balaban J connectivity index is 1.84. The molecule has 0 aromatic heterocycles. The quantitative estimate of drug-likeness (QED) is 0.0341. The Hall–Kier alpha value is -4.37. The molecule has 0 radical (unpaired) electrons. The zero-order valence-electron chi connectivity index (χ0n) is 30.1. The number of hydrogen-bond donors (Lipinski definition) is 3.